The van der Waals surface area contributed by atoms with E-state index in [0.29, 0.717) is 29.9 Å². The van der Waals surface area contributed by atoms with Gasteiger partial charge in [0, 0.05) is 6.54 Å². The van der Waals surface area contributed by atoms with Gasteiger partial charge in [-0.1, -0.05) is 25.5 Å². The summed E-state index contributed by atoms with van der Waals surface area (Å²) in [5.74, 6) is -0.495. The number of hydrogen-bond acceptors (Lipinski definition) is 3. The summed E-state index contributed by atoms with van der Waals surface area (Å²) >= 11 is 0. The van der Waals surface area contributed by atoms with E-state index in [-0.39, 0.29) is 24.8 Å². The van der Waals surface area contributed by atoms with E-state index in [1.54, 1.807) is 19.1 Å². The molecule has 7 heteroatoms. The SMILES string of the molecule is CCC1CCC2(CC1)NC(=O)N(CC(=O)NCc1ccc(C)c(F)c1)C2=O. The molecule has 1 saturated heterocycles. The summed E-state index contributed by atoms with van der Waals surface area (Å²) in [6, 6.07) is 4.23. The number of carbonyl (C=O) groups is 3. The lowest BCUT2D eigenvalue weighted by atomic mass is 9.75. The summed E-state index contributed by atoms with van der Waals surface area (Å²) in [5.41, 5.74) is 0.314. The van der Waals surface area contributed by atoms with Crippen LogP contribution in [0.4, 0.5) is 9.18 Å². The second kappa shape index (κ2) is 7.66. The number of amides is 4. The molecule has 0 atom stereocenters. The van der Waals surface area contributed by atoms with Crippen molar-refractivity contribution < 1.29 is 18.8 Å². The number of hydrogen-bond donors (Lipinski definition) is 2. The Balaban J connectivity index is 1.57. The number of aryl methyl sites for hydroxylation is 1. The highest BCUT2D eigenvalue weighted by atomic mass is 19.1. The van der Waals surface area contributed by atoms with Crippen LogP contribution in [0.1, 0.15) is 50.2 Å². The van der Waals surface area contributed by atoms with E-state index in [1.807, 2.05) is 0 Å². The van der Waals surface area contributed by atoms with Crippen molar-refractivity contribution in [1.82, 2.24) is 15.5 Å². The smallest absolute Gasteiger partial charge is 0.325 e. The van der Waals surface area contributed by atoms with Crippen molar-refractivity contribution in [3.05, 3.63) is 35.1 Å². The quantitative estimate of drug-likeness (QED) is 0.777. The maximum Gasteiger partial charge on any atom is 0.325 e. The molecule has 0 unspecified atom stereocenters. The molecule has 1 aliphatic heterocycles. The highest BCUT2D eigenvalue weighted by Crippen LogP contribution is 2.37. The Hall–Kier alpha value is -2.44. The van der Waals surface area contributed by atoms with Crippen LogP contribution in [0, 0.1) is 18.7 Å². The normalized spacial score (nSPS) is 25.0. The maximum atomic E-state index is 13.6. The first-order chi connectivity index (χ1) is 12.8. The van der Waals surface area contributed by atoms with E-state index in [9.17, 15) is 18.8 Å². The van der Waals surface area contributed by atoms with Gasteiger partial charge in [-0.2, -0.15) is 0 Å². The zero-order chi connectivity index (χ0) is 19.6. The standard InChI is InChI=1S/C20H26FN3O3/c1-3-14-6-8-20(9-7-14)18(26)24(19(27)23-20)12-17(25)22-11-15-5-4-13(2)16(21)10-15/h4-5,10,14H,3,6-9,11-12H2,1-2H3,(H,22,25)(H,23,27). The van der Waals surface area contributed by atoms with Gasteiger partial charge >= 0.3 is 6.03 Å². The van der Waals surface area contributed by atoms with Crippen molar-refractivity contribution in [3.63, 3.8) is 0 Å². The van der Waals surface area contributed by atoms with Gasteiger partial charge in [-0.15, -0.1) is 0 Å². The van der Waals surface area contributed by atoms with Crippen LogP contribution in [0.2, 0.25) is 0 Å². The van der Waals surface area contributed by atoms with Gasteiger partial charge in [0.25, 0.3) is 5.91 Å². The van der Waals surface area contributed by atoms with Crippen LogP contribution in [0.3, 0.4) is 0 Å². The minimum atomic E-state index is -0.844. The second-order valence-electron chi connectivity index (χ2n) is 7.62. The molecule has 2 fully saturated rings. The summed E-state index contributed by atoms with van der Waals surface area (Å²) in [6.45, 7) is 3.62. The number of benzene rings is 1. The fourth-order valence-corrected chi connectivity index (χ4v) is 3.88. The average molecular weight is 375 g/mol. The number of imide groups is 1. The average Bonchev–Trinajstić information content (AvgIpc) is 2.87. The van der Waals surface area contributed by atoms with Crippen molar-refractivity contribution in [2.24, 2.45) is 5.92 Å². The molecule has 1 aromatic carbocycles. The Morgan fingerprint density at radius 3 is 2.67 bits per heavy atom. The van der Waals surface area contributed by atoms with Gasteiger partial charge in [0.1, 0.15) is 17.9 Å². The molecule has 4 amide bonds. The van der Waals surface area contributed by atoms with Crippen LogP contribution >= 0.6 is 0 Å². The third kappa shape index (κ3) is 3.96. The van der Waals surface area contributed by atoms with Crippen LogP contribution in [-0.4, -0.2) is 34.8 Å². The van der Waals surface area contributed by atoms with E-state index in [4.69, 9.17) is 0 Å². The van der Waals surface area contributed by atoms with E-state index < -0.39 is 17.5 Å². The van der Waals surface area contributed by atoms with E-state index >= 15 is 0 Å². The number of nitrogens with one attached hydrogen (secondary N) is 2. The fourth-order valence-electron chi connectivity index (χ4n) is 3.88. The fraction of sp³-hybridized carbons (Fsp3) is 0.550. The van der Waals surface area contributed by atoms with E-state index in [2.05, 4.69) is 17.6 Å². The van der Waals surface area contributed by atoms with Crippen LogP contribution in [-0.2, 0) is 16.1 Å². The van der Waals surface area contributed by atoms with Gasteiger partial charge < -0.3 is 10.6 Å². The highest BCUT2D eigenvalue weighted by Gasteiger charge is 2.52. The van der Waals surface area contributed by atoms with Gasteiger partial charge in [-0.3, -0.25) is 14.5 Å². The molecular formula is C20H26FN3O3. The zero-order valence-electron chi connectivity index (χ0n) is 15.8. The van der Waals surface area contributed by atoms with Gasteiger partial charge in [0.15, 0.2) is 0 Å². The Labute approximate surface area is 158 Å². The largest absolute Gasteiger partial charge is 0.350 e. The van der Waals surface area contributed by atoms with Crippen LogP contribution in [0.5, 0.6) is 0 Å². The first kappa shape index (κ1) is 19.3. The van der Waals surface area contributed by atoms with Crippen molar-refractivity contribution in [2.75, 3.05) is 6.54 Å². The minimum Gasteiger partial charge on any atom is -0.350 e. The summed E-state index contributed by atoms with van der Waals surface area (Å²) in [4.78, 5) is 38.3. The summed E-state index contributed by atoms with van der Waals surface area (Å²) < 4.78 is 13.6. The van der Waals surface area contributed by atoms with Crippen LogP contribution < -0.4 is 10.6 Å². The molecule has 6 nitrogen and oxygen atoms in total. The molecule has 3 rings (SSSR count). The molecule has 146 valence electrons. The molecule has 0 bridgehead atoms. The molecule has 1 aliphatic carbocycles. The van der Waals surface area contributed by atoms with Gasteiger partial charge in [-0.25, -0.2) is 9.18 Å². The molecule has 2 N–H and O–H groups in total. The molecule has 1 spiro atoms. The van der Waals surface area contributed by atoms with E-state index in [0.717, 1.165) is 24.2 Å². The Kier molecular flexibility index (Phi) is 5.48. The van der Waals surface area contributed by atoms with E-state index in [1.165, 1.54) is 6.07 Å². The number of carbonyl (C=O) groups excluding carboxylic acids is 3. The number of halogens is 1. The van der Waals surface area contributed by atoms with Crippen molar-refractivity contribution in [2.45, 2.75) is 58.0 Å². The Bertz CT molecular complexity index is 757. The molecular weight excluding hydrogens is 349 g/mol. The van der Waals surface area contributed by atoms with Gasteiger partial charge in [0.05, 0.1) is 0 Å². The summed E-state index contributed by atoms with van der Waals surface area (Å²) in [7, 11) is 0. The molecule has 1 aromatic rings. The molecule has 27 heavy (non-hydrogen) atoms. The molecule has 1 heterocycles. The first-order valence-electron chi connectivity index (χ1n) is 9.50. The third-order valence-corrected chi connectivity index (χ3v) is 5.81. The predicted molar refractivity (Wildman–Crippen MR) is 98.2 cm³/mol. The van der Waals surface area contributed by atoms with Crippen molar-refractivity contribution in [3.8, 4) is 0 Å². The topological polar surface area (TPSA) is 78.5 Å². The summed E-state index contributed by atoms with van der Waals surface area (Å²) in [6.07, 6.45) is 4.13. The summed E-state index contributed by atoms with van der Waals surface area (Å²) in [5, 5.41) is 5.46. The van der Waals surface area contributed by atoms with Crippen molar-refractivity contribution in [1.29, 1.82) is 0 Å². The van der Waals surface area contributed by atoms with Gasteiger partial charge in [-0.05, 0) is 55.7 Å². The lowest BCUT2D eigenvalue weighted by Gasteiger charge is -2.34. The zero-order valence-corrected chi connectivity index (χ0v) is 15.8. The minimum absolute atomic E-state index is 0.142. The monoisotopic (exact) mass is 375 g/mol. The second-order valence-corrected chi connectivity index (χ2v) is 7.62. The van der Waals surface area contributed by atoms with Crippen LogP contribution in [0.15, 0.2) is 18.2 Å². The molecule has 0 aromatic heterocycles. The number of nitrogens with zero attached hydrogens (tertiary/aromatic N) is 1. The lowest BCUT2D eigenvalue weighted by Crippen LogP contribution is -2.50. The molecule has 2 aliphatic rings. The maximum absolute atomic E-state index is 13.6. The van der Waals surface area contributed by atoms with Crippen molar-refractivity contribution >= 4 is 17.8 Å². The van der Waals surface area contributed by atoms with Crippen LogP contribution in [0.25, 0.3) is 0 Å². The number of rotatable bonds is 5. The Morgan fingerprint density at radius 2 is 2.04 bits per heavy atom. The Morgan fingerprint density at radius 1 is 1.33 bits per heavy atom. The van der Waals surface area contributed by atoms with Gasteiger partial charge in [0.2, 0.25) is 5.91 Å². The first-order valence-corrected chi connectivity index (χ1v) is 9.50. The highest BCUT2D eigenvalue weighted by molar-refractivity contribution is 6.09. The lowest BCUT2D eigenvalue weighted by molar-refractivity contribution is -0.136. The predicted octanol–water partition coefficient (Wildman–Crippen LogP) is 2.64. The molecule has 1 saturated carbocycles. The number of urea groups is 1. The third-order valence-electron chi connectivity index (χ3n) is 5.81. The molecule has 0 radical (unpaired) electrons.